The minimum atomic E-state index is -0.746. The van der Waals surface area contributed by atoms with E-state index in [1.165, 1.54) is 5.56 Å². The summed E-state index contributed by atoms with van der Waals surface area (Å²) in [5.74, 6) is 0.973. The molecule has 4 unspecified atom stereocenters. The molecule has 1 N–H and O–H groups in total. The fourth-order valence-corrected chi connectivity index (χ4v) is 7.39. The van der Waals surface area contributed by atoms with Crippen molar-refractivity contribution >= 4 is 34.5 Å². The van der Waals surface area contributed by atoms with Crippen molar-refractivity contribution in [1.82, 2.24) is 10.2 Å². The molecule has 1 aromatic carbocycles. The third-order valence-corrected chi connectivity index (χ3v) is 9.09. The summed E-state index contributed by atoms with van der Waals surface area (Å²) in [7, 11) is 0. The van der Waals surface area contributed by atoms with E-state index >= 15 is 0 Å². The van der Waals surface area contributed by atoms with E-state index in [-0.39, 0.29) is 11.5 Å². The number of halogens is 2. The lowest BCUT2D eigenvalue weighted by molar-refractivity contribution is -0.0908. The number of ether oxygens (including phenoxy) is 1. The average Bonchev–Trinajstić information content (AvgIpc) is 3.49. The van der Waals surface area contributed by atoms with Crippen LogP contribution in [0, 0.1) is 23.2 Å². The molecule has 1 spiro atoms. The third kappa shape index (κ3) is 4.22. The van der Waals surface area contributed by atoms with Gasteiger partial charge in [-0.15, -0.1) is 0 Å². The van der Waals surface area contributed by atoms with Crippen LogP contribution in [0.1, 0.15) is 43.2 Å². The first-order valence-corrected chi connectivity index (χ1v) is 13.1. The molecule has 0 radical (unpaired) electrons. The molecule has 0 bridgehead atoms. The zero-order chi connectivity index (χ0) is 22.3. The summed E-state index contributed by atoms with van der Waals surface area (Å²) in [4.78, 5) is 2.49. The summed E-state index contributed by atoms with van der Waals surface area (Å²) in [6, 6.07) is 10.6. The highest BCUT2D eigenvalue weighted by atomic mass is 35.5. The number of hydrogen-bond acceptors (Lipinski definition) is 5. The number of nitriles is 1. The van der Waals surface area contributed by atoms with E-state index in [2.05, 4.69) is 33.1 Å². The molecule has 4 atom stereocenters. The van der Waals surface area contributed by atoms with E-state index in [4.69, 9.17) is 27.9 Å². The van der Waals surface area contributed by atoms with Crippen molar-refractivity contribution in [3.8, 4) is 6.07 Å². The van der Waals surface area contributed by atoms with Crippen molar-refractivity contribution in [1.29, 1.82) is 5.26 Å². The van der Waals surface area contributed by atoms with Crippen LogP contribution in [-0.4, -0.2) is 42.3 Å². The Labute approximate surface area is 204 Å². The molecule has 1 aromatic heterocycles. The van der Waals surface area contributed by atoms with Gasteiger partial charge in [0.25, 0.3) is 0 Å². The Bertz CT molecular complexity index is 1000. The summed E-state index contributed by atoms with van der Waals surface area (Å²) < 4.78 is 6.65. The Morgan fingerprint density at radius 3 is 2.75 bits per heavy atom. The second-order valence-electron chi connectivity index (χ2n) is 9.82. The maximum absolute atomic E-state index is 10.2. The van der Waals surface area contributed by atoms with Gasteiger partial charge in [-0.2, -0.15) is 16.6 Å². The van der Waals surface area contributed by atoms with Gasteiger partial charge in [0.2, 0.25) is 0 Å². The summed E-state index contributed by atoms with van der Waals surface area (Å²) in [6.07, 6.45) is 2.95. The minimum absolute atomic E-state index is 0.160. The molecule has 4 nitrogen and oxygen atoms in total. The topological polar surface area (TPSA) is 48.3 Å². The van der Waals surface area contributed by atoms with Gasteiger partial charge in [0.15, 0.2) is 5.60 Å². The lowest BCUT2D eigenvalue weighted by atomic mass is 9.70. The Morgan fingerprint density at radius 1 is 1.25 bits per heavy atom. The molecule has 170 valence electrons. The standard InChI is InChI=1S/C25H29Cl2N3OS/c1-24(16-28)22(11-25(31-24)5-7-29-8-6-25)21-14-30(13-20(21)18-4-9-32-15-18)12-17-2-3-19(26)10-23(17)27/h2-4,9-10,15,20-22,29H,5-8,11-14H2,1H3. The van der Waals surface area contributed by atoms with E-state index in [0.29, 0.717) is 21.9 Å². The van der Waals surface area contributed by atoms with Crippen molar-refractivity contribution in [3.63, 3.8) is 0 Å². The van der Waals surface area contributed by atoms with Gasteiger partial charge >= 0.3 is 0 Å². The summed E-state index contributed by atoms with van der Waals surface area (Å²) in [5, 5.41) is 19.5. The zero-order valence-corrected chi connectivity index (χ0v) is 20.6. The van der Waals surface area contributed by atoms with Crippen molar-refractivity contribution in [2.24, 2.45) is 11.8 Å². The van der Waals surface area contributed by atoms with Gasteiger partial charge in [0, 0.05) is 41.5 Å². The normalized spacial score (nSPS) is 32.4. The van der Waals surface area contributed by atoms with Gasteiger partial charge in [0.1, 0.15) is 0 Å². The largest absolute Gasteiger partial charge is 0.354 e. The van der Waals surface area contributed by atoms with Gasteiger partial charge in [-0.05, 0) is 85.3 Å². The Morgan fingerprint density at radius 2 is 2.06 bits per heavy atom. The highest BCUT2D eigenvalue weighted by molar-refractivity contribution is 7.08. The maximum Gasteiger partial charge on any atom is 0.155 e. The number of benzene rings is 1. The van der Waals surface area contributed by atoms with Crippen LogP contribution in [0.15, 0.2) is 35.0 Å². The fourth-order valence-electron chi connectivity index (χ4n) is 6.20. The third-order valence-electron chi connectivity index (χ3n) is 7.80. The number of thiophene rings is 1. The summed E-state index contributed by atoms with van der Waals surface area (Å²) in [6.45, 7) is 6.66. The van der Waals surface area contributed by atoms with Crippen molar-refractivity contribution in [2.75, 3.05) is 26.2 Å². The quantitative estimate of drug-likeness (QED) is 0.597. The molecule has 0 aliphatic carbocycles. The molecule has 3 aliphatic heterocycles. The van der Waals surface area contributed by atoms with Gasteiger partial charge < -0.3 is 10.1 Å². The molecule has 3 aliphatic rings. The molecule has 4 heterocycles. The Balaban J connectivity index is 1.43. The van der Waals surface area contributed by atoms with Gasteiger partial charge in [-0.3, -0.25) is 4.90 Å². The van der Waals surface area contributed by atoms with E-state index in [9.17, 15) is 5.26 Å². The Kier molecular flexibility index (Phi) is 6.30. The fraction of sp³-hybridized carbons (Fsp3) is 0.560. The molecule has 7 heteroatoms. The lowest BCUT2D eigenvalue weighted by Crippen LogP contribution is -2.43. The predicted molar refractivity (Wildman–Crippen MR) is 130 cm³/mol. The number of likely N-dealkylation sites (tertiary alicyclic amines) is 1. The number of rotatable bonds is 4. The van der Waals surface area contributed by atoms with E-state index in [0.717, 1.165) is 57.5 Å². The first-order chi connectivity index (χ1) is 15.4. The molecular weight excluding hydrogens is 461 g/mol. The molecule has 0 saturated carbocycles. The highest BCUT2D eigenvalue weighted by Gasteiger charge is 2.58. The van der Waals surface area contributed by atoms with Crippen molar-refractivity contribution in [3.05, 3.63) is 56.2 Å². The van der Waals surface area contributed by atoms with Crippen LogP contribution in [-0.2, 0) is 11.3 Å². The SMILES string of the molecule is CC1(C#N)OC2(CCNCC2)CC1C1CN(Cc2ccc(Cl)cc2Cl)CC1c1ccsc1. The van der Waals surface area contributed by atoms with E-state index in [1.54, 1.807) is 11.3 Å². The van der Waals surface area contributed by atoms with Gasteiger partial charge in [0.05, 0.1) is 11.7 Å². The Hall–Kier alpha value is -1.13. The van der Waals surface area contributed by atoms with Gasteiger partial charge in [-0.1, -0.05) is 29.3 Å². The summed E-state index contributed by atoms with van der Waals surface area (Å²) in [5.41, 5.74) is 1.58. The number of piperidine rings is 1. The first-order valence-electron chi connectivity index (χ1n) is 11.4. The van der Waals surface area contributed by atoms with Crippen molar-refractivity contribution in [2.45, 2.75) is 49.9 Å². The second-order valence-corrected chi connectivity index (χ2v) is 11.4. The predicted octanol–water partition coefficient (Wildman–Crippen LogP) is 5.71. The van der Waals surface area contributed by atoms with Crippen LogP contribution in [0.3, 0.4) is 0 Å². The molecule has 3 fully saturated rings. The second kappa shape index (κ2) is 8.91. The molecule has 2 aromatic rings. The molecule has 32 heavy (non-hydrogen) atoms. The van der Waals surface area contributed by atoms with Crippen LogP contribution >= 0.6 is 34.5 Å². The monoisotopic (exact) mass is 489 g/mol. The number of hydrogen-bond donors (Lipinski definition) is 1. The van der Waals surface area contributed by atoms with Crippen LogP contribution in [0.2, 0.25) is 10.0 Å². The van der Waals surface area contributed by atoms with Gasteiger partial charge in [-0.25, -0.2) is 0 Å². The van der Waals surface area contributed by atoms with Crippen LogP contribution < -0.4 is 5.32 Å². The van der Waals surface area contributed by atoms with Crippen molar-refractivity contribution < 1.29 is 4.74 Å². The van der Waals surface area contributed by atoms with Crippen LogP contribution in [0.5, 0.6) is 0 Å². The average molecular weight is 491 g/mol. The number of nitrogens with zero attached hydrogens (tertiary/aromatic N) is 2. The van der Waals surface area contributed by atoms with Crippen LogP contribution in [0.25, 0.3) is 0 Å². The zero-order valence-electron chi connectivity index (χ0n) is 18.3. The molecule has 3 saturated heterocycles. The summed E-state index contributed by atoms with van der Waals surface area (Å²) >= 11 is 14.3. The lowest BCUT2D eigenvalue weighted by Gasteiger charge is -2.34. The smallest absolute Gasteiger partial charge is 0.155 e. The van der Waals surface area contributed by atoms with Crippen LogP contribution in [0.4, 0.5) is 0 Å². The molecule has 0 amide bonds. The minimum Gasteiger partial charge on any atom is -0.354 e. The molecule has 5 rings (SSSR count). The maximum atomic E-state index is 10.2. The van der Waals surface area contributed by atoms with E-state index in [1.807, 2.05) is 25.1 Å². The first kappa shape index (κ1) is 22.7. The highest BCUT2D eigenvalue weighted by Crippen LogP contribution is 2.54. The van der Waals surface area contributed by atoms with E-state index < -0.39 is 5.60 Å². The number of nitrogens with one attached hydrogen (secondary N) is 1. The molecular formula is C25H29Cl2N3OS.